The van der Waals surface area contributed by atoms with Gasteiger partial charge in [0.05, 0.1) is 11.1 Å². The highest BCUT2D eigenvalue weighted by atomic mass is 79.9. The topological polar surface area (TPSA) is 78.5 Å². The number of nitrogens with zero attached hydrogens (tertiary/aromatic N) is 1. The maximum Gasteiger partial charge on any atom is 0.262 e. The van der Waals surface area contributed by atoms with E-state index >= 15 is 0 Å². The van der Waals surface area contributed by atoms with E-state index in [2.05, 4.69) is 33.5 Å². The number of carbonyl (C=O) groups is 3. The van der Waals surface area contributed by atoms with Gasteiger partial charge in [0.25, 0.3) is 11.8 Å². The molecule has 2 unspecified atom stereocenters. The SMILES string of the molecule is CC1CNCCC1NC(=O)CN1C(=O)c2ccc(Br)cc2C1=O. The first-order valence-electron chi connectivity index (χ1n) is 7.63. The largest absolute Gasteiger partial charge is 0.351 e. The molecule has 1 fully saturated rings. The van der Waals surface area contributed by atoms with E-state index in [9.17, 15) is 14.4 Å². The second kappa shape index (κ2) is 6.41. The van der Waals surface area contributed by atoms with Gasteiger partial charge in [-0.1, -0.05) is 22.9 Å². The first kappa shape index (κ1) is 16.1. The van der Waals surface area contributed by atoms with Crippen molar-refractivity contribution in [2.45, 2.75) is 19.4 Å². The van der Waals surface area contributed by atoms with Crippen LogP contribution in [0.25, 0.3) is 0 Å². The highest BCUT2D eigenvalue weighted by Crippen LogP contribution is 2.25. The normalized spacial score (nSPS) is 23.8. The molecule has 3 amide bonds. The lowest BCUT2D eigenvalue weighted by atomic mass is 9.95. The molecule has 1 aromatic rings. The van der Waals surface area contributed by atoms with Crippen molar-refractivity contribution in [1.82, 2.24) is 15.5 Å². The lowest BCUT2D eigenvalue weighted by molar-refractivity contribution is -0.122. The Morgan fingerprint density at radius 1 is 1.35 bits per heavy atom. The third-order valence-electron chi connectivity index (χ3n) is 4.37. The van der Waals surface area contributed by atoms with Crippen molar-refractivity contribution in [3.8, 4) is 0 Å². The van der Waals surface area contributed by atoms with Gasteiger partial charge in [-0.25, -0.2) is 0 Å². The highest BCUT2D eigenvalue weighted by Gasteiger charge is 2.37. The van der Waals surface area contributed by atoms with Gasteiger partial charge in [-0.05, 0) is 43.6 Å². The Kier molecular flexibility index (Phi) is 4.50. The van der Waals surface area contributed by atoms with Crippen LogP contribution in [0.1, 0.15) is 34.1 Å². The number of hydrogen-bond acceptors (Lipinski definition) is 4. The van der Waals surface area contributed by atoms with Crippen LogP contribution in [0.15, 0.2) is 22.7 Å². The number of imide groups is 1. The van der Waals surface area contributed by atoms with Gasteiger partial charge in [0.1, 0.15) is 6.54 Å². The Hall–Kier alpha value is -1.73. The molecule has 0 aliphatic carbocycles. The number of hydrogen-bond donors (Lipinski definition) is 2. The standard InChI is InChI=1S/C16H18BrN3O3/c1-9-7-18-5-4-13(9)19-14(21)8-20-15(22)11-3-2-10(17)6-12(11)16(20)23/h2-3,6,9,13,18H,4-5,7-8H2,1H3,(H,19,21). The summed E-state index contributed by atoms with van der Waals surface area (Å²) in [6.45, 7) is 3.54. The first-order valence-corrected chi connectivity index (χ1v) is 8.42. The predicted octanol–water partition coefficient (Wildman–Crippen LogP) is 1.16. The summed E-state index contributed by atoms with van der Waals surface area (Å²) in [4.78, 5) is 37.9. The molecule has 3 rings (SSSR count). The zero-order valence-corrected chi connectivity index (χ0v) is 14.4. The van der Waals surface area contributed by atoms with Crippen LogP contribution in [-0.2, 0) is 4.79 Å². The Labute approximate surface area is 142 Å². The molecule has 7 heteroatoms. The van der Waals surface area contributed by atoms with Crippen LogP contribution in [-0.4, -0.2) is 48.3 Å². The van der Waals surface area contributed by atoms with E-state index < -0.39 is 11.8 Å². The van der Waals surface area contributed by atoms with Crippen molar-refractivity contribution in [3.63, 3.8) is 0 Å². The Morgan fingerprint density at radius 2 is 2.09 bits per heavy atom. The summed E-state index contributed by atoms with van der Waals surface area (Å²) in [6, 6.07) is 5.01. The van der Waals surface area contributed by atoms with Gasteiger partial charge in [0, 0.05) is 10.5 Å². The van der Waals surface area contributed by atoms with Crippen LogP contribution < -0.4 is 10.6 Å². The minimum absolute atomic E-state index is 0.0769. The van der Waals surface area contributed by atoms with E-state index in [0.717, 1.165) is 28.9 Å². The van der Waals surface area contributed by atoms with Crippen LogP contribution >= 0.6 is 15.9 Å². The second-order valence-corrected chi connectivity index (χ2v) is 6.95. The summed E-state index contributed by atoms with van der Waals surface area (Å²) < 4.78 is 0.729. The fourth-order valence-electron chi connectivity index (χ4n) is 3.03. The number of rotatable bonds is 3. The van der Waals surface area contributed by atoms with Crippen molar-refractivity contribution in [3.05, 3.63) is 33.8 Å². The molecule has 2 aliphatic rings. The molecule has 2 atom stereocenters. The molecule has 2 heterocycles. The van der Waals surface area contributed by atoms with Gasteiger partial charge in [0.2, 0.25) is 5.91 Å². The molecule has 122 valence electrons. The summed E-state index contributed by atoms with van der Waals surface area (Å²) >= 11 is 3.29. The molecule has 0 spiro atoms. The fraction of sp³-hybridized carbons (Fsp3) is 0.438. The maximum absolute atomic E-state index is 12.3. The number of piperidine rings is 1. The summed E-state index contributed by atoms with van der Waals surface area (Å²) in [5.41, 5.74) is 0.689. The van der Waals surface area contributed by atoms with E-state index in [0.29, 0.717) is 17.0 Å². The summed E-state index contributed by atoms with van der Waals surface area (Å²) in [5.74, 6) is -0.797. The number of benzene rings is 1. The van der Waals surface area contributed by atoms with Crippen molar-refractivity contribution < 1.29 is 14.4 Å². The van der Waals surface area contributed by atoms with Crippen molar-refractivity contribution in [2.75, 3.05) is 19.6 Å². The van der Waals surface area contributed by atoms with Gasteiger partial charge in [-0.2, -0.15) is 0 Å². The average molecular weight is 380 g/mol. The molecular weight excluding hydrogens is 362 g/mol. The Balaban J connectivity index is 1.68. The van der Waals surface area contributed by atoms with E-state index in [1.165, 1.54) is 0 Å². The van der Waals surface area contributed by atoms with Gasteiger partial charge >= 0.3 is 0 Å². The Morgan fingerprint density at radius 3 is 2.83 bits per heavy atom. The molecular formula is C16H18BrN3O3. The van der Waals surface area contributed by atoms with E-state index in [-0.39, 0.29) is 18.5 Å². The van der Waals surface area contributed by atoms with Gasteiger partial charge in [-0.3, -0.25) is 19.3 Å². The third-order valence-corrected chi connectivity index (χ3v) is 4.86. The molecule has 23 heavy (non-hydrogen) atoms. The van der Waals surface area contributed by atoms with Crippen LogP contribution in [0.4, 0.5) is 0 Å². The molecule has 2 aliphatic heterocycles. The highest BCUT2D eigenvalue weighted by molar-refractivity contribution is 9.10. The lowest BCUT2D eigenvalue weighted by Crippen LogP contribution is -2.51. The number of fused-ring (bicyclic) bond motifs is 1. The summed E-state index contributed by atoms with van der Waals surface area (Å²) in [7, 11) is 0. The summed E-state index contributed by atoms with van der Waals surface area (Å²) in [5, 5.41) is 6.21. The van der Waals surface area contributed by atoms with Crippen molar-refractivity contribution in [2.24, 2.45) is 5.92 Å². The average Bonchev–Trinajstić information content (AvgIpc) is 2.74. The van der Waals surface area contributed by atoms with Crippen molar-refractivity contribution in [1.29, 1.82) is 0 Å². The molecule has 1 aromatic carbocycles. The monoisotopic (exact) mass is 379 g/mol. The minimum atomic E-state index is -0.417. The van der Waals surface area contributed by atoms with Crippen LogP contribution in [0.2, 0.25) is 0 Å². The molecule has 0 saturated carbocycles. The Bertz CT molecular complexity index is 677. The molecule has 6 nitrogen and oxygen atoms in total. The third kappa shape index (κ3) is 3.16. The van der Waals surface area contributed by atoms with Gasteiger partial charge in [-0.15, -0.1) is 0 Å². The number of amides is 3. The number of carbonyl (C=O) groups excluding carboxylic acids is 3. The summed E-state index contributed by atoms with van der Waals surface area (Å²) in [6.07, 6.45) is 0.849. The quantitative estimate of drug-likeness (QED) is 0.772. The van der Waals surface area contributed by atoms with Gasteiger partial charge in [0.15, 0.2) is 0 Å². The molecule has 2 N–H and O–H groups in total. The predicted molar refractivity (Wildman–Crippen MR) is 88.1 cm³/mol. The van der Waals surface area contributed by atoms with Gasteiger partial charge < -0.3 is 10.6 Å². The molecule has 0 aromatic heterocycles. The maximum atomic E-state index is 12.3. The minimum Gasteiger partial charge on any atom is -0.351 e. The second-order valence-electron chi connectivity index (χ2n) is 6.03. The van der Waals surface area contributed by atoms with E-state index in [1.54, 1.807) is 18.2 Å². The van der Waals surface area contributed by atoms with Crippen LogP contribution in [0, 0.1) is 5.92 Å². The zero-order valence-electron chi connectivity index (χ0n) is 12.8. The smallest absolute Gasteiger partial charge is 0.262 e. The lowest BCUT2D eigenvalue weighted by Gasteiger charge is -2.30. The number of nitrogens with one attached hydrogen (secondary N) is 2. The number of halogens is 1. The molecule has 0 radical (unpaired) electrons. The fourth-order valence-corrected chi connectivity index (χ4v) is 3.39. The zero-order chi connectivity index (χ0) is 16.6. The molecule has 1 saturated heterocycles. The van der Waals surface area contributed by atoms with Crippen LogP contribution in [0.3, 0.4) is 0 Å². The first-order chi connectivity index (χ1) is 11.0. The molecule has 0 bridgehead atoms. The van der Waals surface area contributed by atoms with E-state index in [4.69, 9.17) is 0 Å². The van der Waals surface area contributed by atoms with E-state index in [1.807, 2.05) is 0 Å². The van der Waals surface area contributed by atoms with Crippen molar-refractivity contribution >= 4 is 33.7 Å². The van der Waals surface area contributed by atoms with Crippen LogP contribution in [0.5, 0.6) is 0 Å².